The van der Waals surface area contributed by atoms with Gasteiger partial charge in [0.1, 0.15) is 0 Å². The van der Waals surface area contributed by atoms with Gasteiger partial charge in [-0.25, -0.2) is 4.39 Å². The first-order valence-electron chi connectivity index (χ1n) is 7.10. The zero-order valence-corrected chi connectivity index (χ0v) is 11.5. The Morgan fingerprint density at radius 2 is 1.79 bits per heavy atom. The summed E-state index contributed by atoms with van der Waals surface area (Å²) in [4.78, 5) is 12.5. The number of carbonyl (C=O) groups excluding carboxylic acids is 1. The van der Waals surface area contributed by atoms with Gasteiger partial charge in [0, 0.05) is 5.92 Å². The third-order valence-electron chi connectivity index (χ3n) is 3.92. The summed E-state index contributed by atoms with van der Waals surface area (Å²) in [6, 6.07) is 4.79. The summed E-state index contributed by atoms with van der Waals surface area (Å²) >= 11 is 0. The second-order valence-corrected chi connectivity index (χ2v) is 5.23. The molecular formula is C16H21FO2. The number of methoxy groups -OCH3 is 1. The predicted octanol–water partition coefficient (Wildman–Crippen LogP) is 4.38. The number of ether oxygens (including phenoxy) is 1. The van der Waals surface area contributed by atoms with E-state index in [0.29, 0.717) is 0 Å². The molecule has 2 rings (SSSR count). The SMILES string of the molecule is COc1cccc(C(=O)C2CCCCCCC2)c1F. The average molecular weight is 264 g/mol. The number of ketones is 1. The van der Waals surface area contributed by atoms with Crippen molar-refractivity contribution in [1.82, 2.24) is 0 Å². The predicted molar refractivity (Wildman–Crippen MR) is 73.1 cm³/mol. The Morgan fingerprint density at radius 1 is 1.16 bits per heavy atom. The molecule has 1 aromatic carbocycles. The highest BCUT2D eigenvalue weighted by atomic mass is 19.1. The fraction of sp³-hybridized carbons (Fsp3) is 0.562. The summed E-state index contributed by atoms with van der Waals surface area (Å²) in [5, 5.41) is 0. The van der Waals surface area contributed by atoms with Gasteiger partial charge < -0.3 is 4.74 Å². The largest absolute Gasteiger partial charge is 0.494 e. The van der Waals surface area contributed by atoms with E-state index in [4.69, 9.17) is 4.74 Å². The number of halogens is 1. The number of carbonyl (C=O) groups is 1. The van der Waals surface area contributed by atoms with E-state index in [1.54, 1.807) is 18.2 Å². The zero-order valence-electron chi connectivity index (χ0n) is 11.5. The van der Waals surface area contributed by atoms with Gasteiger partial charge in [-0.1, -0.05) is 38.2 Å². The van der Waals surface area contributed by atoms with Crippen LogP contribution in [0.4, 0.5) is 4.39 Å². The van der Waals surface area contributed by atoms with Crippen molar-refractivity contribution in [2.24, 2.45) is 5.92 Å². The van der Waals surface area contributed by atoms with Gasteiger partial charge in [-0.3, -0.25) is 4.79 Å². The van der Waals surface area contributed by atoms with Crippen molar-refractivity contribution in [3.8, 4) is 5.75 Å². The molecule has 1 aliphatic carbocycles. The fourth-order valence-electron chi connectivity index (χ4n) is 2.80. The van der Waals surface area contributed by atoms with Gasteiger partial charge in [-0.05, 0) is 25.0 Å². The van der Waals surface area contributed by atoms with Crippen LogP contribution in [0.15, 0.2) is 18.2 Å². The Kier molecular flexibility index (Phi) is 4.94. The molecule has 0 spiro atoms. The van der Waals surface area contributed by atoms with E-state index in [-0.39, 0.29) is 23.0 Å². The maximum Gasteiger partial charge on any atom is 0.175 e. The van der Waals surface area contributed by atoms with Crippen LogP contribution in [0.5, 0.6) is 5.75 Å². The molecule has 0 N–H and O–H groups in total. The molecule has 1 saturated carbocycles. The van der Waals surface area contributed by atoms with Gasteiger partial charge in [0.05, 0.1) is 12.7 Å². The van der Waals surface area contributed by atoms with Crippen LogP contribution < -0.4 is 4.74 Å². The summed E-state index contributed by atoms with van der Waals surface area (Å²) in [6.45, 7) is 0. The normalized spacial score (nSPS) is 17.6. The number of benzene rings is 1. The van der Waals surface area contributed by atoms with E-state index in [1.807, 2.05) is 0 Å². The molecule has 0 bridgehead atoms. The van der Waals surface area contributed by atoms with Crippen LogP contribution in [0.2, 0.25) is 0 Å². The van der Waals surface area contributed by atoms with E-state index in [2.05, 4.69) is 0 Å². The Morgan fingerprint density at radius 3 is 2.42 bits per heavy atom. The molecule has 19 heavy (non-hydrogen) atoms. The van der Waals surface area contributed by atoms with Crippen molar-refractivity contribution in [2.45, 2.75) is 44.9 Å². The Labute approximate surface area is 114 Å². The van der Waals surface area contributed by atoms with Crippen LogP contribution >= 0.6 is 0 Å². The summed E-state index contributed by atoms with van der Waals surface area (Å²) in [5.74, 6) is -0.450. The third kappa shape index (κ3) is 3.34. The lowest BCUT2D eigenvalue weighted by atomic mass is 9.85. The van der Waals surface area contributed by atoms with Crippen LogP contribution in [0.1, 0.15) is 55.3 Å². The molecule has 2 nitrogen and oxygen atoms in total. The molecular weight excluding hydrogens is 243 g/mol. The first kappa shape index (κ1) is 14.0. The van der Waals surface area contributed by atoms with Crippen LogP contribution in [0.25, 0.3) is 0 Å². The number of hydrogen-bond donors (Lipinski definition) is 0. The standard InChI is InChI=1S/C16H21FO2/c1-19-14-11-7-10-13(15(14)17)16(18)12-8-5-3-2-4-6-9-12/h7,10-12H,2-6,8-9H2,1H3. The van der Waals surface area contributed by atoms with Gasteiger partial charge in [0.25, 0.3) is 0 Å². The lowest BCUT2D eigenvalue weighted by molar-refractivity contribution is 0.0893. The minimum absolute atomic E-state index is 0.0260. The Balaban J connectivity index is 2.17. The van der Waals surface area contributed by atoms with E-state index in [0.717, 1.165) is 25.7 Å². The van der Waals surface area contributed by atoms with Gasteiger partial charge in [-0.15, -0.1) is 0 Å². The van der Waals surface area contributed by atoms with Crippen molar-refractivity contribution in [1.29, 1.82) is 0 Å². The second kappa shape index (κ2) is 6.69. The van der Waals surface area contributed by atoms with Crippen LogP contribution in [0, 0.1) is 11.7 Å². The van der Waals surface area contributed by atoms with Gasteiger partial charge in [0.15, 0.2) is 17.3 Å². The number of Topliss-reactive ketones (excluding diaryl/α,β-unsaturated/α-hetero) is 1. The number of rotatable bonds is 3. The van der Waals surface area contributed by atoms with Crippen molar-refractivity contribution >= 4 is 5.78 Å². The molecule has 0 atom stereocenters. The lowest BCUT2D eigenvalue weighted by Crippen LogP contribution is -2.17. The summed E-state index contributed by atoms with van der Waals surface area (Å²) in [7, 11) is 1.42. The summed E-state index contributed by atoms with van der Waals surface area (Å²) in [5.41, 5.74) is 0.185. The summed E-state index contributed by atoms with van der Waals surface area (Å²) in [6.07, 6.45) is 7.54. The molecule has 0 radical (unpaired) electrons. The van der Waals surface area contributed by atoms with E-state index >= 15 is 0 Å². The van der Waals surface area contributed by atoms with E-state index in [1.165, 1.54) is 26.4 Å². The average Bonchev–Trinajstić information content (AvgIpc) is 2.38. The molecule has 1 fully saturated rings. The molecule has 1 aromatic rings. The molecule has 0 aliphatic heterocycles. The van der Waals surface area contributed by atoms with E-state index < -0.39 is 5.82 Å². The Hall–Kier alpha value is -1.38. The maximum atomic E-state index is 14.1. The van der Waals surface area contributed by atoms with Crippen molar-refractivity contribution < 1.29 is 13.9 Å². The van der Waals surface area contributed by atoms with Crippen LogP contribution in [-0.4, -0.2) is 12.9 Å². The second-order valence-electron chi connectivity index (χ2n) is 5.23. The summed E-state index contributed by atoms with van der Waals surface area (Å²) < 4.78 is 19.1. The fourth-order valence-corrected chi connectivity index (χ4v) is 2.80. The van der Waals surface area contributed by atoms with Crippen LogP contribution in [0.3, 0.4) is 0 Å². The highest BCUT2D eigenvalue weighted by molar-refractivity contribution is 5.98. The van der Waals surface area contributed by atoms with Gasteiger partial charge in [-0.2, -0.15) is 0 Å². The van der Waals surface area contributed by atoms with Crippen molar-refractivity contribution in [2.75, 3.05) is 7.11 Å². The minimum atomic E-state index is -0.517. The first-order valence-corrected chi connectivity index (χ1v) is 7.10. The molecule has 3 heteroatoms. The molecule has 1 aliphatic rings. The lowest BCUT2D eigenvalue weighted by Gasteiger charge is -2.19. The van der Waals surface area contributed by atoms with Crippen LogP contribution in [-0.2, 0) is 0 Å². The Bertz CT molecular complexity index is 434. The monoisotopic (exact) mass is 264 g/mol. The molecule has 0 amide bonds. The molecule has 0 unspecified atom stereocenters. The highest BCUT2D eigenvalue weighted by Crippen LogP contribution is 2.28. The quantitative estimate of drug-likeness (QED) is 0.757. The van der Waals surface area contributed by atoms with Gasteiger partial charge >= 0.3 is 0 Å². The molecule has 0 heterocycles. The number of hydrogen-bond acceptors (Lipinski definition) is 2. The molecule has 0 saturated heterocycles. The smallest absolute Gasteiger partial charge is 0.175 e. The molecule has 0 aromatic heterocycles. The van der Waals surface area contributed by atoms with Crippen molar-refractivity contribution in [3.05, 3.63) is 29.6 Å². The van der Waals surface area contributed by atoms with E-state index in [9.17, 15) is 9.18 Å². The topological polar surface area (TPSA) is 26.3 Å². The first-order chi connectivity index (χ1) is 9.24. The minimum Gasteiger partial charge on any atom is -0.494 e. The maximum absolute atomic E-state index is 14.1. The van der Waals surface area contributed by atoms with Gasteiger partial charge in [0.2, 0.25) is 0 Å². The highest BCUT2D eigenvalue weighted by Gasteiger charge is 2.24. The van der Waals surface area contributed by atoms with Crippen molar-refractivity contribution in [3.63, 3.8) is 0 Å². The third-order valence-corrected chi connectivity index (χ3v) is 3.92. The zero-order chi connectivity index (χ0) is 13.7. The molecule has 104 valence electrons.